The second kappa shape index (κ2) is 18.7. The number of nitrogens with two attached hydrogens (primary N) is 1. The molecule has 3 rings (SSSR count). The van der Waals surface area contributed by atoms with Crippen LogP contribution in [-0.2, 0) is 4.74 Å². The van der Waals surface area contributed by atoms with Crippen molar-refractivity contribution in [3.63, 3.8) is 0 Å². The second-order valence-electron chi connectivity index (χ2n) is 8.17. The van der Waals surface area contributed by atoms with Gasteiger partial charge in [-0.15, -0.1) is 0 Å². The fourth-order valence-electron chi connectivity index (χ4n) is 3.44. The molecule has 1 aromatic heterocycles. The topological polar surface area (TPSA) is 97.5 Å². The normalized spacial score (nSPS) is 13.1. The van der Waals surface area contributed by atoms with Gasteiger partial charge in [0.25, 0.3) is 5.91 Å². The van der Waals surface area contributed by atoms with Gasteiger partial charge in [0.15, 0.2) is 0 Å². The van der Waals surface area contributed by atoms with Gasteiger partial charge in [0.2, 0.25) is 0 Å². The highest BCUT2D eigenvalue weighted by atomic mass is 35.5. The molecule has 10 heteroatoms. The summed E-state index contributed by atoms with van der Waals surface area (Å²) in [5.41, 5.74) is 8.09. The van der Waals surface area contributed by atoms with Gasteiger partial charge in [0.05, 0.1) is 29.3 Å². The predicted octanol–water partition coefficient (Wildman–Crippen LogP) is 6.80. The van der Waals surface area contributed by atoms with Crippen LogP contribution in [0.2, 0.25) is 10.2 Å². The molecular formula is C28H41Cl2FN4O3. The van der Waals surface area contributed by atoms with E-state index in [2.05, 4.69) is 15.0 Å². The van der Waals surface area contributed by atoms with Crippen LogP contribution in [0.5, 0.6) is 0 Å². The number of nitrogens with one attached hydrogen (secondary N) is 1. The predicted molar refractivity (Wildman–Crippen MR) is 154 cm³/mol. The molecule has 2 aromatic rings. The van der Waals surface area contributed by atoms with E-state index in [-0.39, 0.29) is 26.9 Å². The Morgan fingerprint density at radius 3 is 2.18 bits per heavy atom. The Labute approximate surface area is 236 Å². The summed E-state index contributed by atoms with van der Waals surface area (Å²) in [6.45, 7) is 8.00. The number of carbonyl (C=O) groups is 2. The molecule has 7 nitrogen and oxygen atoms in total. The number of aromatic nitrogens is 1. The summed E-state index contributed by atoms with van der Waals surface area (Å²) in [6.07, 6.45) is 4.29. The molecule has 38 heavy (non-hydrogen) atoms. The summed E-state index contributed by atoms with van der Waals surface area (Å²) >= 11 is 12.1. The Hall–Kier alpha value is -2.52. The van der Waals surface area contributed by atoms with Gasteiger partial charge >= 0.3 is 5.97 Å². The molecule has 1 aliphatic rings. The lowest BCUT2D eigenvalue weighted by atomic mass is 9.87. The van der Waals surface area contributed by atoms with Gasteiger partial charge in [-0.05, 0) is 70.6 Å². The summed E-state index contributed by atoms with van der Waals surface area (Å²) in [5, 5.41) is 3.00. The van der Waals surface area contributed by atoms with Crippen molar-refractivity contribution in [1.29, 1.82) is 0 Å². The van der Waals surface area contributed by atoms with Crippen molar-refractivity contribution in [3.8, 4) is 0 Å². The Morgan fingerprint density at radius 2 is 1.66 bits per heavy atom. The van der Waals surface area contributed by atoms with E-state index in [0.717, 1.165) is 24.5 Å². The largest absolute Gasteiger partial charge is 0.465 e. The van der Waals surface area contributed by atoms with Crippen LogP contribution in [0.4, 0.5) is 4.39 Å². The van der Waals surface area contributed by atoms with E-state index in [4.69, 9.17) is 28.9 Å². The zero-order valence-corrected chi connectivity index (χ0v) is 25.1. The molecule has 3 N–H and O–H groups in total. The second-order valence-corrected chi connectivity index (χ2v) is 8.94. The van der Waals surface area contributed by atoms with Gasteiger partial charge in [0.1, 0.15) is 11.0 Å². The van der Waals surface area contributed by atoms with E-state index in [1.807, 2.05) is 53.7 Å². The maximum atomic E-state index is 14.7. The standard InChI is InChI=1S/C21H20Cl2FN3O3.C3H9N.2C2H6/c1-30-21(29)11-6-7-12(15(24)10-11)18(25)13-4-2-3-5-16(13)27-20(28)17-14(22)8-9-26-19(17)23;1-4(2)3;2*1-2/h6-10,18H,2-5,25H2,1H3,(H,27,28);1-3H3;2*1-2H3. The quantitative estimate of drug-likeness (QED) is 0.303. The van der Waals surface area contributed by atoms with Gasteiger partial charge in [-0.2, -0.15) is 0 Å². The first-order valence-electron chi connectivity index (χ1n) is 12.6. The number of halogens is 3. The van der Waals surface area contributed by atoms with Crippen LogP contribution < -0.4 is 11.1 Å². The van der Waals surface area contributed by atoms with E-state index >= 15 is 0 Å². The van der Waals surface area contributed by atoms with Gasteiger partial charge in [0, 0.05) is 17.5 Å². The average molecular weight is 572 g/mol. The zero-order chi connectivity index (χ0) is 29.4. The molecule has 0 aliphatic heterocycles. The zero-order valence-electron chi connectivity index (χ0n) is 23.6. The van der Waals surface area contributed by atoms with Gasteiger partial charge in [-0.25, -0.2) is 14.2 Å². The van der Waals surface area contributed by atoms with E-state index < -0.39 is 23.7 Å². The molecule has 0 saturated carbocycles. The third-order valence-corrected chi connectivity index (χ3v) is 5.59. The number of ether oxygens (including phenoxy) is 1. The van der Waals surface area contributed by atoms with E-state index in [0.29, 0.717) is 18.5 Å². The Balaban J connectivity index is 0.00000153. The molecule has 0 saturated heterocycles. The number of hydrogen-bond donors (Lipinski definition) is 2. The summed E-state index contributed by atoms with van der Waals surface area (Å²) in [6, 6.07) is 4.70. The summed E-state index contributed by atoms with van der Waals surface area (Å²) in [5.74, 6) is -1.75. The fourth-order valence-corrected chi connectivity index (χ4v) is 3.97. The number of pyridine rings is 1. The van der Waals surface area contributed by atoms with Crippen LogP contribution >= 0.6 is 23.2 Å². The minimum atomic E-state index is -0.785. The van der Waals surface area contributed by atoms with Crippen molar-refractivity contribution < 1.29 is 18.7 Å². The van der Waals surface area contributed by atoms with Crippen LogP contribution in [0.1, 0.15) is 85.7 Å². The number of nitrogens with zero attached hydrogens (tertiary/aromatic N) is 2. The molecule has 1 heterocycles. The summed E-state index contributed by atoms with van der Waals surface area (Å²) in [4.78, 5) is 30.3. The maximum Gasteiger partial charge on any atom is 0.337 e. The van der Waals surface area contributed by atoms with Crippen molar-refractivity contribution in [2.45, 2.75) is 59.4 Å². The number of allylic oxidation sites excluding steroid dienone is 1. The van der Waals surface area contributed by atoms with E-state index in [1.54, 1.807) is 0 Å². The highest BCUT2D eigenvalue weighted by Gasteiger charge is 2.25. The summed E-state index contributed by atoms with van der Waals surface area (Å²) < 4.78 is 19.3. The lowest BCUT2D eigenvalue weighted by Gasteiger charge is -2.26. The number of benzene rings is 1. The number of methoxy groups -OCH3 is 1. The van der Waals surface area contributed by atoms with Crippen molar-refractivity contribution >= 4 is 35.1 Å². The number of carbonyl (C=O) groups excluding carboxylic acids is 2. The molecular weight excluding hydrogens is 530 g/mol. The lowest BCUT2D eigenvalue weighted by molar-refractivity contribution is 0.0600. The Kier molecular flexibility index (Phi) is 17.4. The third kappa shape index (κ3) is 10.7. The first-order chi connectivity index (χ1) is 18.1. The SMILES string of the molecule is CC.CC.CN(C)C.COC(=O)c1ccc(C(N)C2=C(NC(=O)c3c(Cl)ccnc3Cl)CCCC2)c(F)c1. The highest BCUT2D eigenvalue weighted by molar-refractivity contribution is 6.39. The molecule has 0 fully saturated rings. The van der Waals surface area contributed by atoms with Crippen LogP contribution in [0, 0.1) is 5.82 Å². The smallest absolute Gasteiger partial charge is 0.337 e. The molecule has 0 spiro atoms. The minimum absolute atomic E-state index is 0.00768. The molecule has 1 unspecified atom stereocenters. The monoisotopic (exact) mass is 570 g/mol. The van der Waals surface area contributed by atoms with E-state index in [9.17, 15) is 14.0 Å². The number of hydrogen-bond acceptors (Lipinski definition) is 6. The van der Waals surface area contributed by atoms with Crippen LogP contribution in [0.3, 0.4) is 0 Å². The third-order valence-electron chi connectivity index (χ3n) is 4.99. The molecule has 212 valence electrons. The minimum Gasteiger partial charge on any atom is -0.465 e. The van der Waals surface area contributed by atoms with E-state index in [1.165, 1.54) is 31.5 Å². The first-order valence-corrected chi connectivity index (χ1v) is 13.4. The lowest BCUT2D eigenvalue weighted by Crippen LogP contribution is -2.29. The molecule has 1 amide bonds. The first kappa shape index (κ1) is 35.5. The number of rotatable bonds is 5. The molecule has 1 atom stereocenters. The molecule has 0 radical (unpaired) electrons. The highest BCUT2D eigenvalue weighted by Crippen LogP contribution is 2.33. The van der Waals surface area contributed by atoms with Crippen molar-refractivity contribution in [1.82, 2.24) is 15.2 Å². The number of esters is 1. The van der Waals surface area contributed by atoms with Gasteiger partial charge in [-0.3, -0.25) is 4.79 Å². The molecule has 1 aliphatic carbocycles. The van der Waals surface area contributed by atoms with Crippen LogP contribution in [0.15, 0.2) is 41.7 Å². The molecule has 0 bridgehead atoms. The average Bonchev–Trinajstić information content (AvgIpc) is 2.90. The van der Waals surface area contributed by atoms with Crippen molar-refractivity contribution in [2.75, 3.05) is 28.3 Å². The fraction of sp³-hybridized carbons (Fsp3) is 0.464. The molecule has 1 aromatic carbocycles. The van der Waals surface area contributed by atoms with Crippen molar-refractivity contribution in [3.05, 3.63) is 74.4 Å². The number of amides is 1. The van der Waals surface area contributed by atoms with Crippen LogP contribution in [-0.4, -0.2) is 50.0 Å². The van der Waals surface area contributed by atoms with Gasteiger partial charge < -0.3 is 20.7 Å². The van der Waals surface area contributed by atoms with Crippen molar-refractivity contribution in [2.24, 2.45) is 5.73 Å². The van der Waals surface area contributed by atoms with Crippen LogP contribution in [0.25, 0.3) is 0 Å². The Bertz CT molecular complexity index is 1060. The summed E-state index contributed by atoms with van der Waals surface area (Å²) in [7, 11) is 7.22. The van der Waals surface area contributed by atoms with Gasteiger partial charge in [-0.1, -0.05) is 57.0 Å². The maximum absolute atomic E-state index is 14.7. The Morgan fingerprint density at radius 1 is 1.08 bits per heavy atom.